The van der Waals surface area contributed by atoms with Crippen LogP contribution in [0.1, 0.15) is 91.2 Å². The lowest BCUT2D eigenvalue weighted by Gasteiger charge is -2.33. The molecule has 5 rings (SSSR count). The molecular weight excluding hydrogens is 599 g/mol. The number of hydrogen-bond acceptors (Lipinski definition) is 5. The van der Waals surface area contributed by atoms with Crippen LogP contribution in [-0.4, -0.2) is 61.6 Å². The van der Waals surface area contributed by atoms with Gasteiger partial charge in [0, 0.05) is 25.5 Å². The third-order valence-electron chi connectivity index (χ3n) is 8.21. The van der Waals surface area contributed by atoms with Crippen LogP contribution in [0.2, 0.25) is 0 Å². The summed E-state index contributed by atoms with van der Waals surface area (Å²) < 4.78 is 95.0. The average molecular weight is 632 g/mol. The molecule has 0 saturated heterocycles. The Labute approximate surface area is 247 Å². The molecule has 9 nitrogen and oxygen atoms in total. The number of carbonyl (C=O) groups excluding carboxylic acids is 2. The molecular formula is C28H32F7N7O2. The number of aromatic nitrogens is 5. The predicted molar refractivity (Wildman–Crippen MR) is 142 cm³/mol. The van der Waals surface area contributed by atoms with Crippen LogP contribution in [0.4, 0.5) is 30.7 Å². The fourth-order valence-electron chi connectivity index (χ4n) is 5.63. The van der Waals surface area contributed by atoms with E-state index < -0.39 is 74.1 Å². The van der Waals surface area contributed by atoms with Crippen LogP contribution in [-0.2, 0) is 4.79 Å². The molecule has 2 amide bonds. The van der Waals surface area contributed by atoms with Crippen molar-refractivity contribution < 1.29 is 40.3 Å². The number of fused-ring (bicyclic) bond motifs is 1. The fraction of sp³-hybridized carbons (Fsp3) is 0.607. The average Bonchev–Trinajstić information content (AvgIpc) is 3.54. The summed E-state index contributed by atoms with van der Waals surface area (Å²) in [6.07, 6.45) is -1.21. The standard InChI is InChI=1S/C28H32F7N7O2/c29-12-19(13-30)42-21(6-10-36-42)26(44)40-25(17-3-7-27(31,32)8-4-17)20-15-41-22(38-20)11-18(14-37-41)24(16-1-2-16)39-23(43)5-9-28(33,34)35/h6,10-11,14-17,19,24-25H,1-5,7-9,12-13H2,(H,39,43)(H,40,44)/t24?,25-/m0/s1. The van der Waals surface area contributed by atoms with E-state index in [2.05, 4.69) is 25.8 Å². The topological polar surface area (TPSA) is 106 Å². The third kappa shape index (κ3) is 7.49. The summed E-state index contributed by atoms with van der Waals surface area (Å²) in [5, 5.41) is 13.7. The van der Waals surface area contributed by atoms with E-state index in [0.717, 1.165) is 17.5 Å². The summed E-state index contributed by atoms with van der Waals surface area (Å²) in [7, 11) is 0. The van der Waals surface area contributed by atoms with Gasteiger partial charge in [0.15, 0.2) is 5.65 Å². The number of imidazole rings is 1. The van der Waals surface area contributed by atoms with Crippen molar-refractivity contribution in [1.82, 2.24) is 35.0 Å². The van der Waals surface area contributed by atoms with Crippen molar-refractivity contribution in [1.29, 1.82) is 0 Å². The smallest absolute Gasteiger partial charge is 0.349 e. The lowest BCUT2D eigenvalue weighted by Crippen LogP contribution is -2.38. The summed E-state index contributed by atoms with van der Waals surface area (Å²) in [4.78, 5) is 30.3. The summed E-state index contributed by atoms with van der Waals surface area (Å²) >= 11 is 0. The lowest BCUT2D eigenvalue weighted by atomic mass is 9.81. The van der Waals surface area contributed by atoms with Gasteiger partial charge in [-0.3, -0.25) is 14.3 Å². The molecule has 2 N–H and O–H groups in total. The molecule has 1 unspecified atom stereocenters. The normalized spacial score (nSPS) is 18.8. The first-order valence-electron chi connectivity index (χ1n) is 14.4. The van der Waals surface area contributed by atoms with Crippen LogP contribution < -0.4 is 10.6 Å². The molecule has 2 aliphatic rings. The van der Waals surface area contributed by atoms with E-state index in [-0.39, 0.29) is 37.3 Å². The minimum Gasteiger partial charge on any atom is -0.349 e. The summed E-state index contributed by atoms with van der Waals surface area (Å²) in [6, 6.07) is 0.216. The molecule has 2 atom stereocenters. The monoisotopic (exact) mass is 631 g/mol. The number of carbonyl (C=O) groups is 2. The second-order valence-electron chi connectivity index (χ2n) is 11.5. The molecule has 0 radical (unpaired) electrons. The van der Waals surface area contributed by atoms with Crippen LogP contribution in [0.5, 0.6) is 0 Å². The van der Waals surface area contributed by atoms with Crippen molar-refractivity contribution in [2.24, 2.45) is 11.8 Å². The highest BCUT2D eigenvalue weighted by Crippen LogP contribution is 2.43. The molecule has 3 aromatic rings. The van der Waals surface area contributed by atoms with E-state index >= 15 is 0 Å². The van der Waals surface area contributed by atoms with Gasteiger partial charge < -0.3 is 10.6 Å². The second kappa shape index (κ2) is 12.7. The van der Waals surface area contributed by atoms with Gasteiger partial charge in [0.1, 0.15) is 25.1 Å². The van der Waals surface area contributed by atoms with E-state index in [4.69, 9.17) is 0 Å². The number of nitrogens with zero attached hydrogens (tertiary/aromatic N) is 5. The molecule has 16 heteroatoms. The Hall–Kier alpha value is -3.72. The minimum atomic E-state index is -4.46. The number of halogens is 7. The molecule has 44 heavy (non-hydrogen) atoms. The third-order valence-corrected chi connectivity index (χ3v) is 8.21. The maximum absolute atomic E-state index is 14.0. The minimum absolute atomic E-state index is 0.0294. The number of rotatable bonds is 12. The van der Waals surface area contributed by atoms with Crippen molar-refractivity contribution >= 4 is 17.5 Å². The fourth-order valence-corrected chi connectivity index (χ4v) is 5.63. The van der Waals surface area contributed by atoms with Crippen LogP contribution >= 0.6 is 0 Å². The summed E-state index contributed by atoms with van der Waals surface area (Å²) in [5.74, 6) is -4.69. The Balaban J connectivity index is 1.41. The SMILES string of the molecule is O=C(CCC(F)(F)F)NC(c1cnn2cc([C@@H](NC(=O)c3ccnn3C(CF)CF)C3CCC(F)(F)CC3)nc2c1)C1CC1. The molecule has 3 heterocycles. The first-order valence-corrected chi connectivity index (χ1v) is 14.4. The van der Waals surface area contributed by atoms with E-state index in [1.165, 1.54) is 29.2 Å². The van der Waals surface area contributed by atoms with Crippen molar-refractivity contribution in [3.63, 3.8) is 0 Å². The van der Waals surface area contributed by atoms with Crippen LogP contribution in [0.15, 0.2) is 30.7 Å². The zero-order valence-corrected chi connectivity index (χ0v) is 23.5. The van der Waals surface area contributed by atoms with E-state index in [9.17, 15) is 40.3 Å². The highest BCUT2D eigenvalue weighted by molar-refractivity contribution is 5.92. The Kier molecular flexibility index (Phi) is 9.16. The number of hydrogen-bond donors (Lipinski definition) is 2. The zero-order valence-electron chi connectivity index (χ0n) is 23.5. The van der Waals surface area contributed by atoms with Gasteiger partial charge in [-0.25, -0.2) is 27.1 Å². The largest absolute Gasteiger partial charge is 0.389 e. The van der Waals surface area contributed by atoms with Gasteiger partial charge in [0.25, 0.3) is 5.91 Å². The second-order valence-corrected chi connectivity index (χ2v) is 11.5. The molecule has 0 aliphatic heterocycles. The Bertz CT molecular complexity index is 1460. The first kappa shape index (κ1) is 31.7. The molecule has 2 fully saturated rings. The molecule has 0 spiro atoms. The lowest BCUT2D eigenvalue weighted by molar-refractivity contribution is -0.144. The van der Waals surface area contributed by atoms with E-state index in [1.54, 1.807) is 6.07 Å². The highest BCUT2D eigenvalue weighted by Gasteiger charge is 2.40. The maximum Gasteiger partial charge on any atom is 0.389 e. The van der Waals surface area contributed by atoms with Crippen molar-refractivity contribution in [3.05, 3.63) is 47.7 Å². The molecule has 2 aliphatic carbocycles. The van der Waals surface area contributed by atoms with E-state index in [0.29, 0.717) is 16.9 Å². The zero-order chi connectivity index (χ0) is 31.6. The van der Waals surface area contributed by atoms with Crippen molar-refractivity contribution in [3.8, 4) is 0 Å². The predicted octanol–water partition coefficient (Wildman–Crippen LogP) is 5.61. The van der Waals surface area contributed by atoms with Crippen molar-refractivity contribution in [2.75, 3.05) is 13.3 Å². The molecule has 2 saturated carbocycles. The van der Waals surface area contributed by atoms with Gasteiger partial charge in [0.05, 0.1) is 36.6 Å². The maximum atomic E-state index is 14.0. The summed E-state index contributed by atoms with van der Waals surface area (Å²) in [5.41, 5.74) is 1.07. The van der Waals surface area contributed by atoms with Crippen LogP contribution in [0.25, 0.3) is 5.65 Å². The summed E-state index contributed by atoms with van der Waals surface area (Å²) in [6.45, 7) is -2.19. The molecule has 0 bridgehead atoms. The van der Waals surface area contributed by atoms with Gasteiger partial charge in [-0.2, -0.15) is 23.4 Å². The van der Waals surface area contributed by atoms with Gasteiger partial charge >= 0.3 is 6.18 Å². The van der Waals surface area contributed by atoms with Gasteiger partial charge in [-0.05, 0) is 55.2 Å². The quantitative estimate of drug-likeness (QED) is 0.253. The first-order chi connectivity index (χ1) is 20.9. The molecule has 3 aromatic heterocycles. The number of amides is 2. The van der Waals surface area contributed by atoms with Gasteiger partial charge in [-0.1, -0.05) is 0 Å². The molecule has 0 aromatic carbocycles. The van der Waals surface area contributed by atoms with Crippen LogP contribution in [0.3, 0.4) is 0 Å². The van der Waals surface area contributed by atoms with Crippen molar-refractivity contribution in [2.45, 2.75) is 81.6 Å². The Morgan fingerprint density at radius 3 is 2.32 bits per heavy atom. The highest BCUT2D eigenvalue weighted by atomic mass is 19.4. The van der Waals surface area contributed by atoms with E-state index in [1.807, 2.05) is 0 Å². The molecule has 240 valence electrons. The van der Waals surface area contributed by atoms with Crippen LogP contribution in [0, 0.1) is 11.8 Å². The number of nitrogens with one attached hydrogen (secondary N) is 2. The Morgan fingerprint density at radius 2 is 1.68 bits per heavy atom. The van der Waals surface area contributed by atoms with Gasteiger partial charge in [-0.15, -0.1) is 0 Å². The Morgan fingerprint density at radius 1 is 1.00 bits per heavy atom. The van der Waals surface area contributed by atoms with Gasteiger partial charge in [0.2, 0.25) is 11.8 Å². The number of alkyl halides is 7.